The molecule has 0 bridgehead atoms. The molecule has 0 fully saturated rings. The van der Waals surface area contributed by atoms with Gasteiger partial charge in [0.15, 0.2) is 0 Å². The van der Waals surface area contributed by atoms with Gasteiger partial charge in [0.1, 0.15) is 34.6 Å². The Balaban J connectivity index is 1.75. The van der Waals surface area contributed by atoms with Crippen LogP contribution in [0.3, 0.4) is 0 Å². The first-order valence-corrected chi connectivity index (χ1v) is 10.4. The summed E-state index contributed by atoms with van der Waals surface area (Å²) in [5, 5.41) is 12.2. The molecule has 0 aliphatic heterocycles. The number of ether oxygens (including phenoxy) is 1. The Hall–Kier alpha value is -3.23. The summed E-state index contributed by atoms with van der Waals surface area (Å²) in [5.41, 5.74) is -0.00833. The van der Waals surface area contributed by atoms with Gasteiger partial charge in [-0.2, -0.15) is 0 Å². The van der Waals surface area contributed by atoms with E-state index in [0.717, 1.165) is 17.7 Å². The lowest BCUT2D eigenvalue weighted by atomic mass is 10.1. The van der Waals surface area contributed by atoms with Crippen LogP contribution in [0.15, 0.2) is 53.3 Å². The van der Waals surface area contributed by atoms with Crippen LogP contribution in [-0.4, -0.2) is 21.2 Å². The van der Waals surface area contributed by atoms with Crippen molar-refractivity contribution in [1.82, 2.24) is 4.57 Å². The lowest BCUT2D eigenvalue weighted by molar-refractivity contribution is -0.130. The summed E-state index contributed by atoms with van der Waals surface area (Å²) in [6.45, 7) is 4.49. The Bertz CT molecular complexity index is 1230. The van der Waals surface area contributed by atoms with E-state index in [1.165, 1.54) is 24.5 Å². The molecule has 0 radical (unpaired) electrons. The first kappa shape index (κ1) is 24.4. The van der Waals surface area contributed by atoms with Crippen LogP contribution in [0.25, 0.3) is 0 Å². The molecule has 3 rings (SSSR count). The molecule has 2 aromatic carbocycles. The van der Waals surface area contributed by atoms with Crippen molar-refractivity contribution in [2.24, 2.45) is 0 Å². The summed E-state index contributed by atoms with van der Waals surface area (Å²) in [6.07, 6.45) is 0. The van der Waals surface area contributed by atoms with Crippen molar-refractivity contribution in [1.29, 1.82) is 0 Å². The molecule has 1 heterocycles. The minimum Gasteiger partial charge on any atom is -0.487 e. The number of anilines is 1. The van der Waals surface area contributed by atoms with Gasteiger partial charge >= 0.3 is 0 Å². The number of halogens is 3. The molecule has 0 aliphatic rings. The maximum atomic E-state index is 13.8. The van der Waals surface area contributed by atoms with E-state index in [4.69, 9.17) is 16.3 Å². The molecule has 2 N–H and O–H groups in total. The number of nitrogens with one attached hydrogen (secondary N) is 1. The fourth-order valence-corrected chi connectivity index (χ4v) is 3.18. The van der Waals surface area contributed by atoms with Crippen LogP contribution in [0.2, 0.25) is 5.02 Å². The molecular formula is C24H23ClF2N2O4. The molecule has 0 spiro atoms. The molecule has 1 aromatic heterocycles. The van der Waals surface area contributed by atoms with E-state index in [2.05, 4.69) is 5.32 Å². The topological polar surface area (TPSA) is 80.6 Å². The highest BCUT2D eigenvalue weighted by Crippen LogP contribution is 2.24. The number of nitrogens with zero attached hydrogens (tertiary/aromatic N) is 1. The maximum Gasteiger partial charge on any atom is 0.273 e. The van der Waals surface area contributed by atoms with Crippen LogP contribution in [-0.2, 0) is 17.9 Å². The number of hydrogen-bond acceptors (Lipinski definition) is 4. The molecule has 0 saturated carbocycles. The van der Waals surface area contributed by atoms with Gasteiger partial charge in [-0.05, 0) is 50.6 Å². The fraction of sp³-hybridized carbons (Fsp3) is 0.250. The molecule has 0 atom stereocenters. The Morgan fingerprint density at radius 3 is 2.42 bits per heavy atom. The van der Waals surface area contributed by atoms with Crippen molar-refractivity contribution in [2.45, 2.75) is 39.5 Å². The number of carbonyl (C=O) groups excluding carboxylic acids is 1. The lowest BCUT2D eigenvalue weighted by Crippen LogP contribution is -2.36. The van der Waals surface area contributed by atoms with E-state index in [-0.39, 0.29) is 29.5 Å². The summed E-state index contributed by atoms with van der Waals surface area (Å²) >= 11 is 6.21. The predicted molar refractivity (Wildman–Crippen MR) is 122 cm³/mol. The van der Waals surface area contributed by atoms with E-state index >= 15 is 0 Å². The zero-order chi connectivity index (χ0) is 24.3. The number of rotatable bonds is 7. The number of carbonyl (C=O) groups is 1. The van der Waals surface area contributed by atoms with Crippen molar-refractivity contribution in [3.05, 3.63) is 92.4 Å². The van der Waals surface area contributed by atoms with Gasteiger partial charge in [-0.15, -0.1) is 0 Å². The highest BCUT2D eigenvalue weighted by atomic mass is 35.5. The largest absolute Gasteiger partial charge is 0.487 e. The molecule has 1 amide bonds. The minimum atomic E-state index is -1.51. The highest BCUT2D eigenvalue weighted by molar-refractivity contribution is 6.31. The predicted octanol–water partition coefficient (Wildman–Crippen LogP) is 4.43. The van der Waals surface area contributed by atoms with Crippen molar-refractivity contribution in [3.8, 4) is 5.75 Å². The van der Waals surface area contributed by atoms with Gasteiger partial charge in [-0.25, -0.2) is 8.78 Å². The molecule has 6 nitrogen and oxygen atoms in total. The van der Waals surface area contributed by atoms with E-state index in [0.29, 0.717) is 11.4 Å². The van der Waals surface area contributed by atoms with Gasteiger partial charge in [-0.3, -0.25) is 9.59 Å². The smallest absolute Gasteiger partial charge is 0.273 e. The molecule has 0 unspecified atom stereocenters. The quantitative estimate of drug-likeness (QED) is 0.529. The van der Waals surface area contributed by atoms with Crippen molar-refractivity contribution >= 4 is 23.2 Å². The number of hydrogen-bond donors (Lipinski definition) is 2. The fourth-order valence-electron chi connectivity index (χ4n) is 2.97. The first-order chi connectivity index (χ1) is 15.5. The first-order valence-electron chi connectivity index (χ1n) is 10.0. The normalized spacial score (nSPS) is 11.4. The van der Waals surface area contributed by atoms with E-state index in [1.807, 2.05) is 0 Å². The SMILES string of the molecule is Cc1cc(OCc2ccc(F)cc2F)c(Cl)c(=O)n1Cc1ccc(NC(=O)C(C)(C)O)cc1. The number of aliphatic hydroxyl groups is 1. The van der Waals surface area contributed by atoms with Gasteiger partial charge in [0, 0.05) is 29.1 Å². The summed E-state index contributed by atoms with van der Waals surface area (Å²) in [6, 6.07) is 11.5. The molecule has 3 aromatic rings. The summed E-state index contributed by atoms with van der Waals surface area (Å²) in [4.78, 5) is 24.7. The summed E-state index contributed by atoms with van der Waals surface area (Å²) in [5.74, 6) is -1.88. The third-order valence-corrected chi connectivity index (χ3v) is 5.27. The molecule has 33 heavy (non-hydrogen) atoms. The molecule has 174 valence electrons. The number of aryl methyl sites for hydroxylation is 1. The second-order valence-corrected chi connectivity index (χ2v) is 8.47. The Morgan fingerprint density at radius 1 is 1.15 bits per heavy atom. The Kier molecular flexibility index (Phi) is 7.19. The van der Waals surface area contributed by atoms with Gasteiger partial charge in [0.25, 0.3) is 11.5 Å². The molecule has 0 aliphatic carbocycles. The van der Waals surface area contributed by atoms with E-state index in [9.17, 15) is 23.5 Å². The van der Waals surface area contributed by atoms with E-state index < -0.39 is 28.7 Å². The third-order valence-electron chi connectivity index (χ3n) is 4.92. The third kappa shape index (κ3) is 5.97. The van der Waals surface area contributed by atoms with Gasteiger partial charge in [0.2, 0.25) is 0 Å². The summed E-state index contributed by atoms with van der Waals surface area (Å²) in [7, 11) is 0. The van der Waals surface area contributed by atoms with Crippen molar-refractivity contribution in [2.75, 3.05) is 5.32 Å². The number of amides is 1. The standard InChI is InChI=1S/C24H23ClF2N2O4/c1-14-10-20(33-13-16-6-7-17(26)11-19(16)27)21(25)22(30)29(14)12-15-4-8-18(9-5-15)28-23(31)24(2,3)32/h4-11,32H,12-13H2,1-3H3,(H,28,31). The monoisotopic (exact) mass is 476 g/mol. The minimum absolute atomic E-state index is 0.101. The zero-order valence-corrected chi connectivity index (χ0v) is 19.0. The van der Waals surface area contributed by atoms with Crippen LogP contribution < -0.4 is 15.6 Å². The van der Waals surface area contributed by atoms with Crippen LogP contribution in [0, 0.1) is 18.6 Å². The van der Waals surface area contributed by atoms with Gasteiger partial charge in [-0.1, -0.05) is 23.7 Å². The van der Waals surface area contributed by atoms with Gasteiger partial charge < -0.3 is 19.7 Å². The van der Waals surface area contributed by atoms with Gasteiger partial charge in [0.05, 0.1) is 6.54 Å². The van der Waals surface area contributed by atoms with Crippen LogP contribution in [0.5, 0.6) is 5.75 Å². The van der Waals surface area contributed by atoms with Crippen molar-refractivity contribution < 1.29 is 23.4 Å². The van der Waals surface area contributed by atoms with Crippen LogP contribution in [0.4, 0.5) is 14.5 Å². The molecular weight excluding hydrogens is 454 g/mol. The Morgan fingerprint density at radius 2 is 1.82 bits per heavy atom. The Labute approximate surface area is 194 Å². The highest BCUT2D eigenvalue weighted by Gasteiger charge is 2.23. The second kappa shape index (κ2) is 9.72. The maximum absolute atomic E-state index is 13.8. The van der Waals surface area contributed by atoms with Crippen molar-refractivity contribution in [3.63, 3.8) is 0 Å². The number of aromatic nitrogens is 1. The van der Waals surface area contributed by atoms with Crippen LogP contribution in [0.1, 0.15) is 30.7 Å². The number of benzene rings is 2. The number of pyridine rings is 1. The zero-order valence-electron chi connectivity index (χ0n) is 18.3. The molecule has 9 heteroatoms. The average molecular weight is 477 g/mol. The van der Waals surface area contributed by atoms with Crippen LogP contribution >= 0.6 is 11.6 Å². The lowest BCUT2D eigenvalue weighted by Gasteiger charge is -2.17. The second-order valence-electron chi connectivity index (χ2n) is 8.09. The summed E-state index contributed by atoms with van der Waals surface area (Å²) < 4.78 is 33.9. The average Bonchev–Trinajstić information content (AvgIpc) is 2.74. The molecule has 0 saturated heterocycles. The van der Waals surface area contributed by atoms with E-state index in [1.54, 1.807) is 37.3 Å².